The molecule has 0 unspecified atom stereocenters. The molecule has 8 heteroatoms. The van der Waals surface area contributed by atoms with Crippen LogP contribution in [0.25, 0.3) is 0 Å². The molecule has 0 spiro atoms. The highest BCUT2D eigenvalue weighted by molar-refractivity contribution is 5.99. The van der Waals surface area contributed by atoms with Gasteiger partial charge in [-0.05, 0) is 51.4 Å². The quantitative estimate of drug-likeness (QED) is 0.624. The van der Waals surface area contributed by atoms with Gasteiger partial charge in [-0.3, -0.25) is 4.79 Å². The van der Waals surface area contributed by atoms with Crippen molar-refractivity contribution in [3.8, 4) is 5.75 Å². The predicted octanol–water partition coefficient (Wildman–Crippen LogP) is 3.04. The summed E-state index contributed by atoms with van der Waals surface area (Å²) in [4.78, 5) is 29.4. The molecule has 2 aromatic rings. The van der Waals surface area contributed by atoms with Crippen molar-refractivity contribution in [3.05, 3.63) is 54.1 Å². The lowest BCUT2D eigenvalue weighted by Crippen LogP contribution is -2.47. The summed E-state index contributed by atoms with van der Waals surface area (Å²) in [6.07, 6.45) is -0.0186. The molecule has 0 saturated heterocycles. The van der Waals surface area contributed by atoms with E-state index in [0.717, 1.165) is 0 Å². The number of urea groups is 1. The van der Waals surface area contributed by atoms with E-state index in [1.54, 1.807) is 35.2 Å². The zero-order valence-corrected chi connectivity index (χ0v) is 19.7. The average Bonchev–Trinajstić information content (AvgIpc) is 2.82. The highest BCUT2D eigenvalue weighted by atomic mass is 16.5. The average molecular weight is 455 g/mol. The molecule has 2 aromatic carbocycles. The Hall–Kier alpha value is -3.10. The van der Waals surface area contributed by atoms with Crippen LogP contribution in [-0.4, -0.2) is 72.8 Å². The molecule has 8 nitrogen and oxygen atoms in total. The van der Waals surface area contributed by atoms with Gasteiger partial charge in [0.25, 0.3) is 0 Å². The van der Waals surface area contributed by atoms with Gasteiger partial charge in [0.15, 0.2) is 0 Å². The van der Waals surface area contributed by atoms with Crippen LogP contribution in [0.4, 0.5) is 16.2 Å². The number of benzene rings is 2. The Morgan fingerprint density at radius 1 is 1.18 bits per heavy atom. The molecule has 0 bridgehead atoms. The van der Waals surface area contributed by atoms with Crippen LogP contribution in [0.5, 0.6) is 5.75 Å². The first kappa shape index (κ1) is 24.5. The molecule has 1 aliphatic rings. The van der Waals surface area contributed by atoms with Gasteiger partial charge in [-0.2, -0.15) is 0 Å². The van der Waals surface area contributed by atoms with Gasteiger partial charge in [0.1, 0.15) is 11.9 Å². The second kappa shape index (κ2) is 11.2. The largest absolute Gasteiger partial charge is 0.488 e. The summed E-state index contributed by atoms with van der Waals surface area (Å²) < 4.78 is 6.39. The lowest BCUT2D eigenvalue weighted by Gasteiger charge is -2.33. The normalized spacial score (nSPS) is 19.6. The minimum atomic E-state index is -0.369. The first-order chi connectivity index (χ1) is 15.8. The molecular weight excluding hydrogens is 420 g/mol. The van der Waals surface area contributed by atoms with Gasteiger partial charge < -0.3 is 30.3 Å². The van der Waals surface area contributed by atoms with Gasteiger partial charge in [-0.1, -0.05) is 25.1 Å². The Bertz CT molecular complexity index is 951. The fourth-order valence-corrected chi connectivity index (χ4v) is 3.90. The zero-order chi connectivity index (χ0) is 24.0. The summed E-state index contributed by atoms with van der Waals surface area (Å²) >= 11 is 0. The lowest BCUT2D eigenvalue weighted by molar-refractivity contribution is -0.134. The van der Waals surface area contributed by atoms with Crippen LogP contribution in [0, 0.1) is 5.92 Å². The number of carbonyl (C=O) groups excluding carboxylic acids is 2. The lowest BCUT2D eigenvalue weighted by atomic mass is 10.0. The maximum absolute atomic E-state index is 13.2. The van der Waals surface area contributed by atoms with E-state index in [4.69, 9.17) is 4.74 Å². The van der Waals surface area contributed by atoms with Crippen LogP contribution < -0.4 is 15.4 Å². The van der Waals surface area contributed by atoms with Crippen LogP contribution in [0.1, 0.15) is 19.4 Å². The Morgan fingerprint density at radius 3 is 2.55 bits per heavy atom. The Morgan fingerprint density at radius 2 is 1.88 bits per heavy atom. The summed E-state index contributed by atoms with van der Waals surface area (Å²) in [7, 11) is 3.97. The van der Waals surface area contributed by atoms with Crippen LogP contribution in [0.3, 0.4) is 0 Å². The molecule has 1 heterocycles. The number of para-hydroxylation sites is 1. The number of nitrogens with zero attached hydrogens (tertiary/aromatic N) is 2. The van der Waals surface area contributed by atoms with Gasteiger partial charge in [-0.15, -0.1) is 0 Å². The Balaban J connectivity index is 1.86. The van der Waals surface area contributed by atoms with E-state index >= 15 is 0 Å². The molecule has 0 saturated carbocycles. The number of ether oxygens (including phenoxy) is 1. The van der Waals surface area contributed by atoms with Gasteiger partial charge >= 0.3 is 6.03 Å². The zero-order valence-electron chi connectivity index (χ0n) is 19.7. The number of fused-ring (bicyclic) bond motifs is 1. The van der Waals surface area contributed by atoms with Crippen molar-refractivity contribution in [1.29, 1.82) is 0 Å². The molecule has 3 amide bonds. The van der Waals surface area contributed by atoms with E-state index in [-0.39, 0.29) is 43.0 Å². The molecule has 3 N–H and O–H groups in total. The highest BCUT2D eigenvalue weighted by Gasteiger charge is 2.30. The van der Waals surface area contributed by atoms with Crippen molar-refractivity contribution in [2.75, 3.05) is 44.4 Å². The topological polar surface area (TPSA) is 94.1 Å². The van der Waals surface area contributed by atoms with Crippen LogP contribution in [0.2, 0.25) is 0 Å². The van der Waals surface area contributed by atoms with E-state index in [2.05, 4.69) is 22.5 Å². The number of hydrogen-bond acceptors (Lipinski definition) is 5. The second-order valence-electron chi connectivity index (χ2n) is 8.92. The first-order valence-corrected chi connectivity index (χ1v) is 11.2. The SMILES string of the molecule is C[C@@H]1CN([C@@H](C)CO)C(=O)Cc2cc(NC(=O)Nc3ccccc3)ccc2O[C@@H]1CN(C)C. The molecule has 3 rings (SSSR count). The van der Waals surface area contributed by atoms with Crippen molar-refractivity contribution in [2.24, 2.45) is 5.92 Å². The Kier molecular flexibility index (Phi) is 8.30. The summed E-state index contributed by atoms with van der Waals surface area (Å²) in [5.74, 6) is 0.616. The summed E-state index contributed by atoms with van der Waals surface area (Å²) in [5.41, 5.74) is 1.95. The summed E-state index contributed by atoms with van der Waals surface area (Å²) in [5, 5.41) is 15.3. The fourth-order valence-electron chi connectivity index (χ4n) is 3.90. The van der Waals surface area contributed by atoms with Crippen LogP contribution >= 0.6 is 0 Å². The molecule has 0 fully saturated rings. The third-order valence-electron chi connectivity index (χ3n) is 5.75. The number of amides is 3. The van der Waals surface area contributed by atoms with E-state index in [9.17, 15) is 14.7 Å². The maximum atomic E-state index is 13.2. The van der Waals surface area contributed by atoms with Crippen molar-refractivity contribution in [3.63, 3.8) is 0 Å². The minimum absolute atomic E-state index is 0.0609. The van der Waals surface area contributed by atoms with E-state index < -0.39 is 0 Å². The van der Waals surface area contributed by atoms with Crippen LogP contribution in [0.15, 0.2) is 48.5 Å². The number of likely N-dealkylation sites (N-methyl/N-ethyl adjacent to an activating group) is 1. The van der Waals surface area contributed by atoms with E-state index in [0.29, 0.717) is 35.8 Å². The van der Waals surface area contributed by atoms with Crippen LogP contribution in [-0.2, 0) is 11.2 Å². The maximum Gasteiger partial charge on any atom is 0.323 e. The molecule has 0 radical (unpaired) electrons. The number of nitrogens with one attached hydrogen (secondary N) is 2. The van der Waals surface area contributed by atoms with Crippen molar-refractivity contribution in [2.45, 2.75) is 32.4 Å². The monoisotopic (exact) mass is 454 g/mol. The van der Waals surface area contributed by atoms with Gasteiger partial charge in [-0.25, -0.2) is 4.79 Å². The summed E-state index contributed by atoms with van der Waals surface area (Å²) in [6, 6.07) is 13.9. The molecule has 0 aromatic heterocycles. The molecule has 178 valence electrons. The smallest absolute Gasteiger partial charge is 0.323 e. The van der Waals surface area contributed by atoms with Crippen molar-refractivity contribution >= 4 is 23.3 Å². The number of carbonyl (C=O) groups is 2. The molecule has 3 atom stereocenters. The third kappa shape index (κ3) is 6.69. The van der Waals surface area contributed by atoms with Gasteiger partial charge in [0.05, 0.1) is 19.1 Å². The molecule has 0 aliphatic carbocycles. The molecular formula is C25H34N4O4. The number of hydrogen-bond donors (Lipinski definition) is 3. The van der Waals surface area contributed by atoms with Crippen molar-refractivity contribution in [1.82, 2.24) is 9.80 Å². The van der Waals surface area contributed by atoms with E-state index in [1.165, 1.54) is 0 Å². The molecule has 1 aliphatic heterocycles. The number of anilines is 2. The number of aliphatic hydroxyl groups excluding tert-OH is 1. The number of rotatable bonds is 6. The van der Waals surface area contributed by atoms with Crippen molar-refractivity contribution < 1.29 is 19.4 Å². The minimum Gasteiger partial charge on any atom is -0.488 e. The molecule has 33 heavy (non-hydrogen) atoms. The standard InChI is InChI=1S/C25H34N4O4/c1-17-14-29(18(2)16-30)24(31)13-19-12-21(10-11-22(19)33-23(17)15-28(3)4)27-25(32)26-20-8-6-5-7-9-20/h5-12,17-18,23,30H,13-16H2,1-4H3,(H2,26,27,32)/t17-,18+,23-/m1/s1. The third-order valence-corrected chi connectivity index (χ3v) is 5.75. The second-order valence-corrected chi connectivity index (χ2v) is 8.92. The fraction of sp³-hybridized carbons (Fsp3) is 0.440. The van der Waals surface area contributed by atoms with E-state index in [1.807, 2.05) is 39.2 Å². The summed E-state index contributed by atoms with van der Waals surface area (Å²) in [6.45, 7) is 4.99. The Labute approximate surface area is 195 Å². The number of aliphatic hydroxyl groups is 1. The highest BCUT2D eigenvalue weighted by Crippen LogP contribution is 2.29. The first-order valence-electron chi connectivity index (χ1n) is 11.2. The van der Waals surface area contributed by atoms with Gasteiger partial charge in [0, 0.05) is 35.9 Å². The van der Waals surface area contributed by atoms with Gasteiger partial charge in [0.2, 0.25) is 5.91 Å². The predicted molar refractivity (Wildman–Crippen MR) is 130 cm³/mol.